The maximum Gasteiger partial charge on any atom is 0.247 e. The van der Waals surface area contributed by atoms with Crippen LogP contribution in [0.4, 0.5) is 5.82 Å². The zero-order valence-corrected chi connectivity index (χ0v) is 13.8. The van der Waals surface area contributed by atoms with E-state index in [2.05, 4.69) is 9.97 Å². The second-order valence-corrected chi connectivity index (χ2v) is 7.00. The summed E-state index contributed by atoms with van der Waals surface area (Å²) in [6.07, 6.45) is 4.60. The van der Waals surface area contributed by atoms with Crippen molar-refractivity contribution < 1.29 is 8.42 Å². The predicted molar refractivity (Wildman–Crippen MR) is 85.9 cm³/mol. The molecule has 118 valence electrons. The third kappa shape index (κ3) is 3.21. The molecule has 0 amide bonds. The maximum absolute atomic E-state index is 12.9. The first-order valence-corrected chi connectivity index (χ1v) is 8.52. The van der Waals surface area contributed by atoms with Crippen LogP contribution < -0.4 is 5.73 Å². The summed E-state index contributed by atoms with van der Waals surface area (Å²) in [6, 6.07) is 4.52. The van der Waals surface area contributed by atoms with Crippen molar-refractivity contribution in [2.75, 3.05) is 12.3 Å². The van der Waals surface area contributed by atoms with E-state index < -0.39 is 10.0 Å². The molecule has 0 radical (unpaired) electrons. The van der Waals surface area contributed by atoms with Crippen molar-refractivity contribution in [1.82, 2.24) is 14.3 Å². The second kappa shape index (κ2) is 6.60. The molecule has 0 unspecified atom stereocenters. The minimum Gasteiger partial charge on any atom is -0.383 e. The first-order chi connectivity index (χ1) is 10.4. The van der Waals surface area contributed by atoms with E-state index in [9.17, 15) is 8.42 Å². The molecule has 2 N–H and O–H groups in total. The van der Waals surface area contributed by atoms with Crippen molar-refractivity contribution in [3.05, 3.63) is 47.4 Å². The topological polar surface area (TPSA) is 89.2 Å². The Morgan fingerprint density at radius 1 is 1.41 bits per heavy atom. The Balaban J connectivity index is 2.47. The normalized spacial score (nSPS) is 13.3. The number of nitrogens with zero attached hydrogens (tertiary/aromatic N) is 3. The minimum atomic E-state index is -3.82. The molecule has 0 fully saturated rings. The number of sulfonamides is 1. The van der Waals surface area contributed by atoms with E-state index >= 15 is 0 Å². The summed E-state index contributed by atoms with van der Waals surface area (Å²) >= 11 is 5.86. The Bertz CT molecular complexity index is 753. The van der Waals surface area contributed by atoms with E-state index in [4.69, 9.17) is 17.3 Å². The number of nitrogens with two attached hydrogens (primary N) is 1. The number of anilines is 1. The summed E-state index contributed by atoms with van der Waals surface area (Å²) in [4.78, 5) is 7.77. The first kappa shape index (κ1) is 16.7. The van der Waals surface area contributed by atoms with Gasteiger partial charge in [0, 0.05) is 31.2 Å². The third-order valence-electron chi connectivity index (χ3n) is 3.35. The molecule has 0 aliphatic carbocycles. The summed E-state index contributed by atoms with van der Waals surface area (Å²) in [7, 11) is -3.82. The fraction of sp³-hybridized carbons (Fsp3) is 0.286. The van der Waals surface area contributed by atoms with Crippen LogP contribution >= 0.6 is 11.6 Å². The van der Waals surface area contributed by atoms with Gasteiger partial charge in [-0.3, -0.25) is 4.98 Å². The molecule has 0 aromatic carbocycles. The Hall–Kier alpha value is -1.70. The first-order valence-electron chi connectivity index (χ1n) is 6.70. The van der Waals surface area contributed by atoms with E-state index in [0.717, 1.165) is 5.56 Å². The molecule has 6 nitrogen and oxygen atoms in total. The van der Waals surface area contributed by atoms with Crippen LogP contribution in [0.3, 0.4) is 0 Å². The summed E-state index contributed by atoms with van der Waals surface area (Å²) < 4.78 is 27.1. The maximum atomic E-state index is 12.9. The zero-order chi connectivity index (χ0) is 16.3. The molecule has 0 spiro atoms. The van der Waals surface area contributed by atoms with Crippen LogP contribution in [0.25, 0.3) is 0 Å². The molecule has 22 heavy (non-hydrogen) atoms. The highest BCUT2D eigenvalue weighted by atomic mass is 35.5. The van der Waals surface area contributed by atoms with Crippen LogP contribution in [-0.2, 0) is 10.0 Å². The molecule has 0 bridgehead atoms. The number of nitrogen functional groups attached to an aromatic ring is 1. The van der Waals surface area contributed by atoms with Gasteiger partial charge in [0.15, 0.2) is 0 Å². The number of rotatable bonds is 5. The van der Waals surface area contributed by atoms with Crippen molar-refractivity contribution >= 4 is 27.4 Å². The lowest BCUT2D eigenvalue weighted by atomic mass is 10.1. The summed E-state index contributed by atoms with van der Waals surface area (Å²) in [6.45, 7) is 3.84. The van der Waals surface area contributed by atoms with Crippen LogP contribution in [0.1, 0.15) is 25.5 Å². The van der Waals surface area contributed by atoms with Gasteiger partial charge < -0.3 is 5.73 Å². The van der Waals surface area contributed by atoms with E-state index in [1.165, 1.54) is 16.6 Å². The molecular weight excluding hydrogens is 324 g/mol. The lowest BCUT2D eigenvalue weighted by molar-refractivity contribution is 0.356. The minimum absolute atomic E-state index is 0.0683. The van der Waals surface area contributed by atoms with Gasteiger partial charge in [-0.1, -0.05) is 24.6 Å². The van der Waals surface area contributed by atoms with E-state index in [-0.39, 0.29) is 28.3 Å². The van der Waals surface area contributed by atoms with Gasteiger partial charge in [0.25, 0.3) is 0 Å². The van der Waals surface area contributed by atoms with Crippen LogP contribution in [0.5, 0.6) is 0 Å². The Kier molecular flexibility index (Phi) is 5.00. The van der Waals surface area contributed by atoms with Gasteiger partial charge in [-0.25, -0.2) is 13.4 Å². The van der Waals surface area contributed by atoms with Gasteiger partial charge in [-0.2, -0.15) is 4.31 Å². The molecular formula is C14H17ClN4O2S. The number of hydrogen-bond acceptors (Lipinski definition) is 5. The van der Waals surface area contributed by atoms with Crippen LogP contribution in [0.15, 0.2) is 41.7 Å². The fourth-order valence-corrected chi connectivity index (χ4v) is 4.15. The highest BCUT2D eigenvalue weighted by Crippen LogP contribution is 2.30. The average Bonchev–Trinajstić information content (AvgIpc) is 2.50. The van der Waals surface area contributed by atoms with Crippen molar-refractivity contribution in [3.8, 4) is 0 Å². The molecule has 1 atom stereocenters. The quantitative estimate of drug-likeness (QED) is 0.903. The zero-order valence-electron chi connectivity index (χ0n) is 12.3. The van der Waals surface area contributed by atoms with Crippen LogP contribution in [0.2, 0.25) is 5.02 Å². The predicted octanol–water partition coefficient (Wildman–Crippen LogP) is 2.48. The van der Waals surface area contributed by atoms with Crippen LogP contribution in [-0.4, -0.2) is 29.2 Å². The number of aromatic nitrogens is 2. The van der Waals surface area contributed by atoms with Gasteiger partial charge in [0.05, 0.1) is 5.02 Å². The molecule has 2 heterocycles. The van der Waals surface area contributed by atoms with Crippen molar-refractivity contribution in [1.29, 1.82) is 0 Å². The molecule has 2 rings (SSSR count). The Morgan fingerprint density at radius 2 is 2.14 bits per heavy atom. The van der Waals surface area contributed by atoms with Crippen molar-refractivity contribution in [2.45, 2.75) is 24.8 Å². The smallest absolute Gasteiger partial charge is 0.247 e. The third-order valence-corrected chi connectivity index (χ3v) is 5.63. The largest absolute Gasteiger partial charge is 0.383 e. The van der Waals surface area contributed by atoms with Gasteiger partial charge in [-0.15, -0.1) is 0 Å². The molecule has 0 saturated carbocycles. The lowest BCUT2D eigenvalue weighted by Gasteiger charge is -2.27. The number of pyridine rings is 2. The highest BCUT2D eigenvalue weighted by molar-refractivity contribution is 7.89. The van der Waals surface area contributed by atoms with Crippen molar-refractivity contribution in [3.63, 3.8) is 0 Å². The van der Waals surface area contributed by atoms with E-state index in [1.807, 2.05) is 6.07 Å². The molecule has 0 aliphatic rings. The van der Waals surface area contributed by atoms with Gasteiger partial charge >= 0.3 is 0 Å². The van der Waals surface area contributed by atoms with E-state index in [1.54, 1.807) is 32.3 Å². The highest BCUT2D eigenvalue weighted by Gasteiger charge is 2.31. The number of halogens is 1. The molecule has 2 aromatic rings. The molecule has 2 aromatic heterocycles. The summed E-state index contributed by atoms with van der Waals surface area (Å²) in [5, 5.41) is 0.220. The van der Waals surface area contributed by atoms with Crippen molar-refractivity contribution in [2.24, 2.45) is 0 Å². The SMILES string of the molecule is CCN([C@H](C)c1cccnc1)S(=O)(=O)c1cc(Cl)cnc1N. The molecule has 0 aliphatic heterocycles. The second-order valence-electron chi connectivity index (χ2n) is 4.71. The van der Waals surface area contributed by atoms with Gasteiger partial charge in [0.1, 0.15) is 10.7 Å². The van der Waals surface area contributed by atoms with Crippen LogP contribution in [0, 0.1) is 0 Å². The fourth-order valence-electron chi connectivity index (χ4n) is 2.21. The van der Waals surface area contributed by atoms with E-state index in [0.29, 0.717) is 0 Å². The molecule has 8 heteroatoms. The lowest BCUT2D eigenvalue weighted by Crippen LogP contribution is -2.34. The summed E-state index contributed by atoms with van der Waals surface area (Å²) in [5.74, 6) is -0.0683. The Morgan fingerprint density at radius 3 is 2.73 bits per heavy atom. The standard InChI is InChI=1S/C14H17ClN4O2S/c1-3-19(10(2)11-5-4-6-17-8-11)22(20,21)13-7-12(15)9-18-14(13)16/h4-10H,3H2,1-2H3,(H2,16,18)/t10-/m1/s1. The Labute approximate surface area is 135 Å². The monoisotopic (exact) mass is 340 g/mol. The van der Waals surface area contributed by atoms with Gasteiger partial charge in [-0.05, 0) is 24.6 Å². The number of hydrogen-bond donors (Lipinski definition) is 1. The molecule has 0 saturated heterocycles. The average molecular weight is 341 g/mol. The summed E-state index contributed by atoms with van der Waals surface area (Å²) in [5.41, 5.74) is 6.51. The van der Waals surface area contributed by atoms with Gasteiger partial charge in [0.2, 0.25) is 10.0 Å².